The summed E-state index contributed by atoms with van der Waals surface area (Å²) < 4.78 is 5.27. The van der Waals surface area contributed by atoms with Gasteiger partial charge in [0.05, 0.1) is 11.0 Å². The molecule has 1 saturated heterocycles. The average molecular weight is 384 g/mol. The normalized spacial score (nSPS) is 18.2. The number of anilines is 1. The molecular formula is C18H16N4O6. The van der Waals surface area contributed by atoms with Crippen LogP contribution in [0.5, 0.6) is 5.75 Å². The molecule has 0 radical (unpaired) electrons. The largest absolute Gasteiger partial charge is 0.484 e. The zero-order valence-corrected chi connectivity index (χ0v) is 14.7. The SMILES string of the molecule is CC1(c2cccc(NC(=O)COc3cccc([N+](=O)[O-])c3)c2)NC(=O)NC1=O. The highest BCUT2D eigenvalue weighted by Crippen LogP contribution is 2.26. The third-order valence-electron chi connectivity index (χ3n) is 4.17. The molecule has 0 aromatic heterocycles. The zero-order valence-electron chi connectivity index (χ0n) is 14.7. The van der Waals surface area contributed by atoms with Crippen LogP contribution in [-0.2, 0) is 15.1 Å². The van der Waals surface area contributed by atoms with Gasteiger partial charge in [-0.05, 0) is 30.7 Å². The molecule has 1 unspecified atom stereocenters. The Balaban J connectivity index is 1.65. The Kier molecular flexibility index (Phi) is 4.94. The van der Waals surface area contributed by atoms with Crippen LogP contribution in [0.15, 0.2) is 48.5 Å². The minimum atomic E-state index is -1.24. The van der Waals surface area contributed by atoms with E-state index in [1.54, 1.807) is 31.2 Å². The van der Waals surface area contributed by atoms with E-state index < -0.39 is 28.3 Å². The summed E-state index contributed by atoms with van der Waals surface area (Å²) in [5, 5.41) is 18.1. The summed E-state index contributed by atoms with van der Waals surface area (Å²) in [6, 6.07) is 11.4. The van der Waals surface area contributed by atoms with Crippen LogP contribution < -0.4 is 20.7 Å². The number of nitrogens with zero attached hydrogens (tertiary/aromatic N) is 1. The molecule has 1 aliphatic rings. The second kappa shape index (κ2) is 7.35. The van der Waals surface area contributed by atoms with Crippen molar-refractivity contribution in [3.63, 3.8) is 0 Å². The van der Waals surface area contributed by atoms with Gasteiger partial charge in [-0.3, -0.25) is 25.0 Å². The van der Waals surface area contributed by atoms with Gasteiger partial charge in [0.2, 0.25) is 0 Å². The molecule has 3 N–H and O–H groups in total. The monoisotopic (exact) mass is 384 g/mol. The van der Waals surface area contributed by atoms with Gasteiger partial charge >= 0.3 is 6.03 Å². The lowest BCUT2D eigenvalue weighted by molar-refractivity contribution is -0.384. The first-order chi connectivity index (χ1) is 13.3. The van der Waals surface area contributed by atoms with Crippen molar-refractivity contribution in [2.45, 2.75) is 12.5 Å². The van der Waals surface area contributed by atoms with Crippen LogP contribution in [0.2, 0.25) is 0 Å². The van der Waals surface area contributed by atoms with Gasteiger partial charge in [0.25, 0.3) is 17.5 Å². The van der Waals surface area contributed by atoms with Crippen LogP contribution >= 0.6 is 0 Å². The Morgan fingerprint density at radius 3 is 2.64 bits per heavy atom. The number of hydrogen-bond donors (Lipinski definition) is 3. The lowest BCUT2D eigenvalue weighted by Crippen LogP contribution is -2.40. The van der Waals surface area contributed by atoms with Gasteiger partial charge in [0.1, 0.15) is 11.3 Å². The molecule has 4 amide bonds. The van der Waals surface area contributed by atoms with Gasteiger partial charge in [-0.1, -0.05) is 18.2 Å². The van der Waals surface area contributed by atoms with E-state index in [0.717, 1.165) is 0 Å². The Hall–Kier alpha value is -3.95. The van der Waals surface area contributed by atoms with E-state index in [1.807, 2.05) is 0 Å². The molecule has 144 valence electrons. The Bertz CT molecular complexity index is 976. The van der Waals surface area contributed by atoms with Crippen LogP contribution in [0.4, 0.5) is 16.2 Å². The molecule has 0 saturated carbocycles. The number of benzene rings is 2. The molecule has 0 bridgehead atoms. The van der Waals surface area contributed by atoms with E-state index in [-0.39, 0.29) is 18.0 Å². The van der Waals surface area contributed by atoms with Crippen LogP contribution in [0.3, 0.4) is 0 Å². The fourth-order valence-electron chi connectivity index (χ4n) is 2.69. The molecule has 2 aromatic carbocycles. The van der Waals surface area contributed by atoms with Crippen LogP contribution in [0, 0.1) is 10.1 Å². The standard InChI is InChI=1S/C18H16N4O6/c1-18(16(24)20-17(25)21-18)11-4-2-5-12(8-11)19-15(23)10-28-14-7-3-6-13(9-14)22(26)27/h2-9H,10H2,1H3,(H,19,23)(H2,20,21,24,25). The van der Waals surface area contributed by atoms with E-state index in [9.17, 15) is 24.5 Å². The van der Waals surface area contributed by atoms with Gasteiger partial charge < -0.3 is 15.4 Å². The summed E-state index contributed by atoms with van der Waals surface area (Å²) in [4.78, 5) is 45.8. The predicted octanol–water partition coefficient (Wildman–Crippen LogP) is 1.67. The first-order valence-electron chi connectivity index (χ1n) is 8.19. The van der Waals surface area contributed by atoms with Crippen molar-refractivity contribution in [3.8, 4) is 5.75 Å². The molecule has 1 aliphatic heterocycles. The second-order valence-electron chi connectivity index (χ2n) is 6.21. The molecule has 2 aromatic rings. The molecule has 1 heterocycles. The van der Waals surface area contributed by atoms with Crippen molar-refractivity contribution < 1.29 is 24.0 Å². The van der Waals surface area contributed by atoms with Gasteiger partial charge in [-0.2, -0.15) is 0 Å². The van der Waals surface area contributed by atoms with E-state index in [0.29, 0.717) is 11.3 Å². The number of urea groups is 1. The molecule has 1 fully saturated rings. The number of amides is 4. The lowest BCUT2D eigenvalue weighted by atomic mass is 9.92. The maximum Gasteiger partial charge on any atom is 0.322 e. The van der Waals surface area contributed by atoms with Crippen molar-refractivity contribution in [2.24, 2.45) is 0 Å². The molecule has 0 spiro atoms. The van der Waals surface area contributed by atoms with Crippen LogP contribution in [0.1, 0.15) is 12.5 Å². The van der Waals surface area contributed by atoms with Gasteiger partial charge in [0, 0.05) is 11.8 Å². The Morgan fingerprint density at radius 1 is 1.21 bits per heavy atom. The number of carbonyl (C=O) groups excluding carboxylic acids is 3. The number of non-ortho nitro benzene ring substituents is 1. The van der Waals surface area contributed by atoms with Crippen molar-refractivity contribution in [1.29, 1.82) is 0 Å². The van der Waals surface area contributed by atoms with Crippen molar-refractivity contribution in [2.75, 3.05) is 11.9 Å². The fourth-order valence-corrected chi connectivity index (χ4v) is 2.69. The molecule has 1 atom stereocenters. The summed E-state index contributed by atoms with van der Waals surface area (Å²) in [6.07, 6.45) is 0. The molecular weight excluding hydrogens is 368 g/mol. The molecule has 3 rings (SSSR count). The van der Waals surface area contributed by atoms with E-state index in [1.165, 1.54) is 24.3 Å². The van der Waals surface area contributed by atoms with Crippen LogP contribution in [-0.4, -0.2) is 29.4 Å². The lowest BCUT2D eigenvalue weighted by Gasteiger charge is -2.21. The average Bonchev–Trinajstić information content (AvgIpc) is 2.93. The fraction of sp³-hybridized carbons (Fsp3) is 0.167. The highest BCUT2D eigenvalue weighted by molar-refractivity contribution is 6.07. The molecule has 10 nitrogen and oxygen atoms in total. The molecule has 0 aliphatic carbocycles. The number of carbonyl (C=O) groups is 3. The maximum absolute atomic E-state index is 12.1. The first kappa shape index (κ1) is 18.8. The molecule has 28 heavy (non-hydrogen) atoms. The van der Waals surface area contributed by atoms with Gasteiger partial charge in [0.15, 0.2) is 6.61 Å². The number of nitrogens with one attached hydrogen (secondary N) is 3. The quantitative estimate of drug-likeness (QED) is 0.393. The molecule has 10 heteroatoms. The van der Waals surface area contributed by atoms with Crippen molar-refractivity contribution in [1.82, 2.24) is 10.6 Å². The summed E-state index contributed by atoms with van der Waals surface area (Å²) in [6.45, 7) is 1.19. The summed E-state index contributed by atoms with van der Waals surface area (Å²) >= 11 is 0. The Morgan fingerprint density at radius 2 is 1.96 bits per heavy atom. The third-order valence-corrected chi connectivity index (χ3v) is 4.17. The van der Waals surface area contributed by atoms with Crippen LogP contribution in [0.25, 0.3) is 0 Å². The minimum absolute atomic E-state index is 0.143. The number of hydrogen-bond acceptors (Lipinski definition) is 6. The topological polar surface area (TPSA) is 140 Å². The third kappa shape index (κ3) is 3.90. The number of nitro benzene ring substituents is 1. The van der Waals surface area contributed by atoms with E-state index >= 15 is 0 Å². The van der Waals surface area contributed by atoms with Gasteiger partial charge in [-0.25, -0.2) is 4.79 Å². The number of ether oxygens (including phenoxy) is 1. The van der Waals surface area contributed by atoms with E-state index in [4.69, 9.17) is 4.74 Å². The van der Waals surface area contributed by atoms with Crippen molar-refractivity contribution in [3.05, 3.63) is 64.2 Å². The van der Waals surface area contributed by atoms with Crippen molar-refractivity contribution >= 4 is 29.2 Å². The zero-order chi connectivity index (χ0) is 20.3. The summed E-state index contributed by atoms with van der Waals surface area (Å²) in [5.41, 5.74) is -0.485. The Labute approximate surface area is 159 Å². The maximum atomic E-state index is 12.1. The minimum Gasteiger partial charge on any atom is -0.484 e. The van der Waals surface area contributed by atoms with E-state index in [2.05, 4.69) is 16.0 Å². The number of rotatable bonds is 6. The number of nitro groups is 1. The predicted molar refractivity (Wildman–Crippen MR) is 97.7 cm³/mol. The van der Waals surface area contributed by atoms with Gasteiger partial charge in [-0.15, -0.1) is 0 Å². The summed E-state index contributed by atoms with van der Waals surface area (Å²) in [7, 11) is 0. The second-order valence-corrected chi connectivity index (χ2v) is 6.21. The number of imide groups is 1. The first-order valence-corrected chi connectivity index (χ1v) is 8.19. The highest BCUT2D eigenvalue weighted by Gasteiger charge is 2.43. The smallest absolute Gasteiger partial charge is 0.322 e. The highest BCUT2D eigenvalue weighted by atomic mass is 16.6. The summed E-state index contributed by atoms with van der Waals surface area (Å²) in [5.74, 6) is -0.792.